The summed E-state index contributed by atoms with van der Waals surface area (Å²) >= 11 is 3.95. The first-order valence-corrected chi connectivity index (χ1v) is 9.17. The minimum atomic E-state index is 0.687. The van der Waals surface area contributed by atoms with E-state index in [-0.39, 0.29) is 0 Å². The molecule has 1 aliphatic carbocycles. The Labute approximate surface area is 137 Å². The summed E-state index contributed by atoms with van der Waals surface area (Å²) in [6.07, 6.45) is 5.30. The summed E-state index contributed by atoms with van der Waals surface area (Å²) in [7, 11) is 0. The second kappa shape index (κ2) is 6.52. The number of rotatable bonds is 3. The molecule has 0 nitrogen and oxygen atoms in total. The van der Waals surface area contributed by atoms with Gasteiger partial charge in [-0.1, -0.05) is 72.2 Å². The Morgan fingerprint density at radius 1 is 1.05 bits per heavy atom. The number of fused-ring (bicyclic) bond motifs is 1. The molecule has 3 atom stereocenters. The first kappa shape index (κ1) is 15.1. The van der Waals surface area contributed by atoms with Gasteiger partial charge in [-0.15, -0.1) is 0 Å². The average Bonchev–Trinajstić information content (AvgIpc) is 2.49. The highest BCUT2D eigenvalue weighted by atomic mass is 79.9. The summed E-state index contributed by atoms with van der Waals surface area (Å²) in [5.41, 5.74) is 1.52. The average molecular weight is 345 g/mol. The number of halogens is 1. The highest BCUT2D eigenvalue weighted by molar-refractivity contribution is 9.09. The van der Waals surface area contributed by atoms with Crippen molar-refractivity contribution in [3.63, 3.8) is 0 Å². The van der Waals surface area contributed by atoms with Crippen LogP contribution in [-0.2, 0) is 6.42 Å². The van der Waals surface area contributed by atoms with Crippen molar-refractivity contribution < 1.29 is 0 Å². The Balaban J connectivity index is 1.83. The van der Waals surface area contributed by atoms with E-state index in [1.807, 2.05) is 0 Å². The van der Waals surface area contributed by atoms with E-state index in [0.717, 1.165) is 17.8 Å². The van der Waals surface area contributed by atoms with Gasteiger partial charge in [0.2, 0.25) is 0 Å². The summed E-state index contributed by atoms with van der Waals surface area (Å²) in [5.74, 6) is 2.50. The van der Waals surface area contributed by atoms with Crippen LogP contribution in [0.15, 0.2) is 42.5 Å². The Bertz CT molecular complexity index is 596. The third kappa shape index (κ3) is 3.34. The second-order valence-electron chi connectivity index (χ2n) is 6.94. The maximum atomic E-state index is 3.95. The van der Waals surface area contributed by atoms with Gasteiger partial charge in [0.1, 0.15) is 0 Å². The minimum absolute atomic E-state index is 0.687. The third-order valence-electron chi connectivity index (χ3n) is 5.24. The van der Waals surface area contributed by atoms with Crippen LogP contribution in [0.1, 0.15) is 38.7 Å². The molecule has 0 saturated heterocycles. The molecule has 1 heteroatoms. The minimum Gasteiger partial charge on any atom is -0.0888 e. The first-order valence-electron chi connectivity index (χ1n) is 8.26. The molecule has 112 valence electrons. The van der Waals surface area contributed by atoms with E-state index in [1.54, 1.807) is 0 Å². The van der Waals surface area contributed by atoms with Gasteiger partial charge in [-0.2, -0.15) is 0 Å². The number of benzene rings is 2. The molecular formula is C20H25Br. The zero-order valence-electron chi connectivity index (χ0n) is 13.1. The molecule has 2 aromatic carbocycles. The fourth-order valence-corrected chi connectivity index (χ4v) is 4.50. The molecule has 0 amide bonds. The van der Waals surface area contributed by atoms with Crippen molar-refractivity contribution in [3.8, 4) is 0 Å². The highest BCUT2D eigenvalue weighted by Gasteiger charge is 2.30. The molecule has 0 bridgehead atoms. The lowest BCUT2D eigenvalue weighted by atomic mass is 9.74. The molecule has 0 spiro atoms. The molecular weight excluding hydrogens is 320 g/mol. The van der Waals surface area contributed by atoms with E-state index >= 15 is 0 Å². The van der Waals surface area contributed by atoms with Gasteiger partial charge in [0, 0.05) is 4.83 Å². The van der Waals surface area contributed by atoms with Crippen molar-refractivity contribution in [3.05, 3.63) is 48.0 Å². The van der Waals surface area contributed by atoms with Crippen molar-refractivity contribution in [2.75, 3.05) is 0 Å². The van der Waals surface area contributed by atoms with Crippen molar-refractivity contribution in [1.82, 2.24) is 0 Å². The Morgan fingerprint density at radius 3 is 2.62 bits per heavy atom. The number of hydrogen-bond acceptors (Lipinski definition) is 0. The second-order valence-corrected chi connectivity index (χ2v) is 8.11. The lowest BCUT2D eigenvalue weighted by molar-refractivity contribution is 0.223. The van der Waals surface area contributed by atoms with Crippen LogP contribution >= 0.6 is 15.9 Å². The molecule has 1 saturated carbocycles. The van der Waals surface area contributed by atoms with Gasteiger partial charge in [-0.05, 0) is 59.8 Å². The topological polar surface area (TPSA) is 0 Å². The molecule has 3 unspecified atom stereocenters. The van der Waals surface area contributed by atoms with Crippen LogP contribution in [0.3, 0.4) is 0 Å². The van der Waals surface area contributed by atoms with Crippen LogP contribution in [0.2, 0.25) is 0 Å². The Hall–Kier alpha value is -0.820. The first-order chi connectivity index (χ1) is 10.1. The van der Waals surface area contributed by atoms with Crippen LogP contribution < -0.4 is 0 Å². The van der Waals surface area contributed by atoms with Crippen LogP contribution in [0.4, 0.5) is 0 Å². The van der Waals surface area contributed by atoms with Crippen molar-refractivity contribution >= 4 is 26.7 Å². The molecule has 2 aromatic rings. The van der Waals surface area contributed by atoms with Crippen molar-refractivity contribution in [2.24, 2.45) is 17.8 Å². The normalized spacial score (nSPS) is 26.4. The lowest BCUT2D eigenvalue weighted by Gasteiger charge is -2.35. The highest BCUT2D eigenvalue weighted by Crippen LogP contribution is 2.39. The van der Waals surface area contributed by atoms with Gasteiger partial charge in [0.05, 0.1) is 0 Å². The maximum Gasteiger partial charge on any atom is 0.0177 e. The number of hydrogen-bond donors (Lipinski definition) is 0. The molecule has 21 heavy (non-hydrogen) atoms. The molecule has 0 aliphatic heterocycles. The summed E-state index contributed by atoms with van der Waals surface area (Å²) < 4.78 is 0. The Kier molecular flexibility index (Phi) is 4.69. The van der Waals surface area contributed by atoms with E-state index < -0.39 is 0 Å². The van der Waals surface area contributed by atoms with Gasteiger partial charge >= 0.3 is 0 Å². The molecule has 1 fully saturated rings. The van der Waals surface area contributed by atoms with Gasteiger partial charge in [-0.25, -0.2) is 0 Å². The van der Waals surface area contributed by atoms with E-state index in [4.69, 9.17) is 0 Å². The van der Waals surface area contributed by atoms with Gasteiger partial charge in [-0.3, -0.25) is 0 Å². The summed E-state index contributed by atoms with van der Waals surface area (Å²) in [6.45, 7) is 4.77. The van der Waals surface area contributed by atoms with Crippen molar-refractivity contribution in [1.29, 1.82) is 0 Å². The van der Waals surface area contributed by atoms with E-state index in [9.17, 15) is 0 Å². The molecule has 0 heterocycles. The van der Waals surface area contributed by atoms with Crippen LogP contribution in [-0.4, -0.2) is 4.83 Å². The molecule has 0 aromatic heterocycles. The molecule has 1 aliphatic rings. The van der Waals surface area contributed by atoms with Gasteiger partial charge in [0.15, 0.2) is 0 Å². The van der Waals surface area contributed by atoms with E-state index in [2.05, 4.69) is 72.2 Å². The van der Waals surface area contributed by atoms with Gasteiger partial charge in [0.25, 0.3) is 0 Å². The molecule has 0 N–H and O–H groups in total. The van der Waals surface area contributed by atoms with Crippen LogP contribution in [0.25, 0.3) is 10.8 Å². The standard InChI is InChI=1S/C20H25Br/c1-14(2)16-10-11-20(21)18(12-16)13-17-8-5-7-15-6-3-4-9-19(15)17/h3-9,14,16,18,20H,10-13H2,1-2H3. The predicted molar refractivity (Wildman–Crippen MR) is 96.0 cm³/mol. The quantitative estimate of drug-likeness (QED) is 0.580. The Morgan fingerprint density at radius 2 is 1.81 bits per heavy atom. The fourth-order valence-electron chi connectivity index (χ4n) is 3.83. The van der Waals surface area contributed by atoms with E-state index in [0.29, 0.717) is 4.83 Å². The third-order valence-corrected chi connectivity index (χ3v) is 6.44. The lowest BCUT2D eigenvalue weighted by Crippen LogP contribution is -2.29. The van der Waals surface area contributed by atoms with Crippen molar-refractivity contribution in [2.45, 2.75) is 44.4 Å². The predicted octanol–water partition coefficient (Wildman–Crippen LogP) is 6.22. The van der Waals surface area contributed by atoms with Crippen LogP contribution in [0, 0.1) is 17.8 Å². The smallest absolute Gasteiger partial charge is 0.0177 e. The zero-order valence-corrected chi connectivity index (χ0v) is 14.6. The summed E-state index contributed by atoms with van der Waals surface area (Å²) in [6, 6.07) is 15.6. The fraction of sp³-hybridized carbons (Fsp3) is 0.500. The monoisotopic (exact) mass is 344 g/mol. The SMILES string of the molecule is CC(C)C1CCC(Br)C(Cc2cccc3ccccc23)C1. The number of alkyl halides is 1. The van der Waals surface area contributed by atoms with Gasteiger partial charge < -0.3 is 0 Å². The summed E-state index contributed by atoms with van der Waals surface area (Å²) in [5, 5.41) is 2.81. The van der Waals surface area contributed by atoms with E-state index in [1.165, 1.54) is 42.0 Å². The zero-order chi connectivity index (χ0) is 14.8. The molecule has 3 rings (SSSR count). The van der Waals surface area contributed by atoms with Crippen LogP contribution in [0.5, 0.6) is 0 Å². The largest absolute Gasteiger partial charge is 0.0888 e. The summed E-state index contributed by atoms with van der Waals surface area (Å²) in [4.78, 5) is 0.687. The molecule has 0 radical (unpaired) electrons. The maximum absolute atomic E-state index is 3.95.